The van der Waals surface area contributed by atoms with Crippen LogP contribution in [0.2, 0.25) is 5.02 Å². The van der Waals surface area contributed by atoms with Gasteiger partial charge in [0, 0.05) is 16.3 Å². The minimum absolute atomic E-state index is 0.125. The molecular formula is C15H14ClNO3. The van der Waals surface area contributed by atoms with Crippen molar-refractivity contribution >= 4 is 23.2 Å². The summed E-state index contributed by atoms with van der Waals surface area (Å²) in [4.78, 5) is 11.8. The van der Waals surface area contributed by atoms with E-state index in [0.29, 0.717) is 22.0 Å². The average Bonchev–Trinajstić information content (AvgIpc) is 2.46. The zero-order valence-corrected chi connectivity index (χ0v) is 11.4. The number of aliphatic hydroxyl groups excluding tert-OH is 1. The first-order valence-electron chi connectivity index (χ1n) is 6.06. The Kier molecular flexibility index (Phi) is 4.98. The maximum atomic E-state index is 11.8. The lowest BCUT2D eigenvalue weighted by Gasteiger charge is -2.10. The van der Waals surface area contributed by atoms with Gasteiger partial charge in [-0.25, -0.2) is 0 Å². The molecule has 0 aliphatic heterocycles. The second-order valence-corrected chi connectivity index (χ2v) is 4.55. The number of aliphatic hydroxyl groups is 1. The number of hydrogen-bond donors (Lipinski definition) is 2. The molecule has 0 saturated carbocycles. The van der Waals surface area contributed by atoms with Gasteiger partial charge in [-0.3, -0.25) is 4.79 Å². The summed E-state index contributed by atoms with van der Waals surface area (Å²) in [5.74, 6) is 0.231. The standard InChI is InChI=1S/C15H14ClNO3/c16-12-5-3-6-13(8-12)20-10-15(19)17-14-7-2-1-4-11(14)9-18/h1-8,18H,9-10H2,(H,17,19). The normalized spacial score (nSPS) is 10.1. The zero-order chi connectivity index (χ0) is 14.4. The van der Waals surface area contributed by atoms with Crippen LogP contribution in [0.15, 0.2) is 48.5 Å². The van der Waals surface area contributed by atoms with Gasteiger partial charge in [-0.2, -0.15) is 0 Å². The Balaban J connectivity index is 1.93. The third kappa shape index (κ3) is 3.98. The van der Waals surface area contributed by atoms with Crippen molar-refractivity contribution in [3.63, 3.8) is 0 Å². The first-order chi connectivity index (χ1) is 9.69. The number of benzene rings is 2. The molecule has 0 atom stereocenters. The van der Waals surface area contributed by atoms with Crippen LogP contribution in [-0.4, -0.2) is 17.6 Å². The lowest BCUT2D eigenvalue weighted by molar-refractivity contribution is -0.118. The largest absolute Gasteiger partial charge is 0.484 e. The number of anilines is 1. The minimum atomic E-state index is -0.300. The summed E-state index contributed by atoms with van der Waals surface area (Å²) in [7, 11) is 0. The van der Waals surface area contributed by atoms with Crippen molar-refractivity contribution in [1.29, 1.82) is 0 Å². The molecule has 2 N–H and O–H groups in total. The Labute approximate surface area is 122 Å². The van der Waals surface area contributed by atoms with Crippen molar-refractivity contribution < 1.29 is 14.6 Å². The van der Waals surface area contributed by atoms with Crippen molar-refractivity contribution in [2.24, 2.45) is 0 Å². The fraction of sp³-hybridized carbons (Fsp3) is 0.133. The van der Waals surface area contributed by atoms with Crippen LogP contribution < -0.4 is 10.1 Å². The van der Waals surface area contributed by atoms with Crippen LogP contribution in [0.3, 0.4) is 0 Å². The van der Waals surface area contributed by atoms with Crippen molar-refractivity contribution in [2.45, 2.75) is 6.61 Å². The van der Waals surface area contributed by atoms with Crippen molar-refractivity contribution in [3.8, 4) is 5.75 Å². The Morgan fingerprint density at radius 3 is 2.75 bits per heavy atom. The first-order valence-corrected chi connectivity index (χ1v) is 6.44. The van der Waals surface area contributed by atoms with E-state index in [0.717, 1.165) is 0 Å². The molecule has 0 saturated heterocycles. The number of nitrogens with one attached hydrogen (secondary N) is 1. The molecule has 0 radical (unpaired) electrons. The molecule has 2 aromatic rings. The number of carbonyl (C=O) groups is 1. The predicted molar refractivity (Wildman–Crippen MR) is 77.9 cm³/mol. The lowest BCUT2D eigenvalue weighted by atomic mass is 10.2. The fourth-order valence-electron chi connectivity index (χ4n) is 1.67. The highest BCUT2D eigenvalue weighted by atomic mass is 35.5. The van der Waals surface area contributed by atoms with Crippen molar-refractivity contribution in [2.75, 3.05) is 11.9 Å². The molecule has 0 aliphatic rings. The van der Waals surface area contributed by atoms with Gasteiger partial charge in [-0.05, 0) is 24.3 Å². The number of hydrogen-bond acceptors (Lipinski definition) is 3. The zero-order valence-electron chi connectivity index (χ0n) is 10.7. The average molecular weight is 292 g/mol. The van der Waals surface area contributed by atoms with Gasteiger partial charge in [-0.15, -0.1) is 0 Å². The monoisotopic (exact) mass is 291 g/mol. The Morgan fingerprint density at radius 1 is 1.20 bits per heavy atom. The predicted octanol–water partition coefficient (Wildman–Crippen LogP) is 2.85. The number of para-hydroxylation sites is 1. The molecule has 0 aliphatic carbocycles. The van der Waals surface area contributed by atoms with Crippen LogP contribution in [-0.2, 0) is 11.4 Å². The van der Waals surface area contributed by atoms with Crippen LogP contribution in [0.1, 0.15) is 5.56 Å². The van der Waals surface area contributed by atoms with E-state index >= 15 is 0 Å². The van der Waals surface area contributed by atoms with Crippen molar-refractivity contribution in [3.05, 3.63) is 59.1 Å². The Morgan fingerprint density at radius 2 is 2.00 bits per heavy atom. The van der Waals surface area contributed by atoms with Gasteiger partial charge >= 0.3 is 0 Å². The molecular weight excluding hydrogens is 278 g/mol. The van der Waals surface area contributed by atoms with Gasteiger partial charge in [0.15, 0.2) is 6.61 Å². The molecule has 0 unspecified atom stereocenters. The molecule has 0 fully saturated rings. The third-order valence-electron chi connectivity index (χ3n) is 2.63. The smallest absolute Gasteiger partial charge is 0.262 e. The molecule has 20 heavy (non-hydrogen) atoms. The molecule has 0 bridgehead atoms. The molecule has 0 aromatic heterocycles. The summed E-state index contributed by atoms with van der Waals surface area (Å²) in [6, 6.07) is 13.9. The van der Waals surface area contributed by atoms with E-state index in [-0.39, 0.29) is 19.1 Å². The number of halogens is 1. The molecule has 104 valence electrons. The van der Waals surface area contributed by atoms with Crippen LogP contribution in [0, 0.1) is 0 Å². The quantitative estimate of drug-likeness (QED) is 0.890. The molecule has 5 heteroatoms. The van der Waals surface area contributed by atoms with E-state index in [9.17, 15) is 9.90 Å². The van der Waals surface area contributed by atoms with Gasteiger partial charge in [0.2, 0.25) is 0 Å². The number of amides is 1. The number of rotatable bonds is 5. The summed E-state index contributed by atoms with van der Waals surface area (Å²) >= 11 is 5.82. The van der Waals surface area contributed by atoms with Crippen LogP contribution in [0.25, 0.3) is 0 Å². The Hall–Kier alpha value is -2.04. The minimum Gasteiger partial charge on any atom is -0.484 e. The molecule has 0 heterocycles. The molecule has 2 aromatic carbocycles. The summed E-state index contributed by atoms with van der Waals surface area (Å²) in [5, 5.41) is 12.4. The van der Waals surface area contributed by atoms with Crippen molar-refractivity contribution in [1.82, 2.24) is 0 Å². The highest BCUT2D eigenvalue weighted by molar-refractivity contribution is 6.30. The van der Waals surface area contributed by atoms with Crippen LogP contribution in [0.5, 0.6) is 5.75 Å². The molecule has 2 rings (SSSR count). The second-order valence-electron chi connectivity index (χ2n) is 4.11. The van der Waals surface area contributed by atoms with E-state index < -0.39 is 0 Å². The summed E-state index contributed by atoms with van der Waals surface area (Å²) < 4.78 is 5.34. The maximum absolute atomic E-state index is 11.8. The molecule has 4 nitrogen and oxygen atoms in total. The van der Waals surface area contributed by atoms with E-state index in [1.807, 2.05) is 0 Å². The van der Waals surface area contributed by atoms with Crippen LogP contribution in [0.4, 0.5) is 5.69 Å². The summed E-state index contributed by atoms with van der Waals surface area (Å²) in [6.07, 6.45) is 0. The second kappa shape index (κ2) is 6.93. The van der Waals surface area contributed by atoms with E-state index in [1.165, 1.54) is 0 Å². The maximum Gasteiger partial charge on any atom is 0.262 e. The van der Waals surface area contributed by atoms with Crippen LogP contribution >= 0.6 is 11.6 Å². The van der Waals surface area contributed by atoms with E-state index in [1.54, 1.807) is 48.5 Å². The third-order valence-corrected chi connectivity index (χ3v) is 2.86. The highest BCUT2D eigenvalue weighted by Crippen LogP contribution is 2.17. The Bertz CT molecular complexity index is 601. The topological polar surface area (TPSA) is 58.6 Å². The summed E-state index contributed by atoms with van der Waals surface area (Å²) in [6.45, 7) is -0.258. The number of ether oxygens (including phenoxy) is 1. The van der Waals surface area contributed by atoms with E-state index in [4.69, 9.17) is 16.3 Å². The van der Waals surface area contributed by atoms with Gasteiger partial charge < -0.3 is 15.2 Å². The highest BCUT2D eigenvalue weighted by Gasteiger charge is 2.07. The van der Waals surface area contributed by atoms with Gasteiger partial charge in [0.1, 0.15) is 5.75 Å². The lowest BCUT2D eigenvalue weighted by Crippen LogP contribution is -2.20. The fourth-order valence-corrected chi connectivity index (χ4v) is 1.85. The van der Waals surface area contributed by atoms with Gasteiger partial charge in [-0.1, -0.05) is 35.9 Å². The van der Waals surface area contributed by atoms with E-state index in [2.05, 4.69) is 5.32 Å². The SMILES string of the molecule is O=C(COc1cccc(Cl)c1)Nc1ccccc1CO. The molecule has 1 amide bonds. The van der Waals surface area contributed by atoms with Gasteiger partial charge in [0.25, 0.3) is 5.91 Å². The van der Waals surface area contributed by atoms with Gasteiger partial charge in [0.05, 0.1) is 6.61 Å². The first kappa shape index (κ1) is 14.4. The summed E-state index contributed by atoms with van der Waals surface area (Å²) in [5.41, 5.74) is 1.23. The number of carbonyl (C=O) groups excluding carboxylic acids is 1. The molecule has 0 spiro atoms.